The molecule has 47 heavy (non-hydrogen) atoms. The highest BCUT2D eigenvalue weighted by atomic mass is 16.5. The van der Waals surface area contributed by atoms with E-state index in [9.17, 15) is 28.8 Å². The van der Waals surface area contributed by atoms with Crippen molar-refractivity contribution in [3.05, 3.63) is 47.5 Å². The van der Waals surface area contributed by atoms with E-state index in [1.54, 1.807) is 24.3 Å². The smallest absolute Gasteiger partial charge is 0.246 e. The first-order chi connectivity index (χ1) is 22.7. The monoisotopic (exact) mass is 657 g/mol. The van der Waals surface area contributed by atoms with E-state index in [0.717, 1.165) is 12.2 Å². The Kier molecular flexibility index (Phi) is 15.8. The lowest BCUT2D eigenvalue weighted by atomic mass is 9.96. The number of carbonyl (C=O) groups is 6. The maximum atomic E-state index is 13.3. The van der Waals surface area contributed by atoms with E-state index in [-0.39, 0.29) is 64.6 Å². The minimum absolute atomic E-state index is 0.0399. The van der Waals surface area contributed by atoms with Crippen LogP contribution in [0, 0.1) is 5.92 Å². The lowest BCUT2D eigenvalue weighted by Gasteiger charge is -2.32. The number of rotatable bonds is 9. The zero-order chi connectivity index (χ0) is 34.0. The van der Waals surface area contributed by atoms with Crippen molar-refractivity contribution in [1.29, 1.82) is 0 Å². The average Bonchev–Trinajstić information content (AvgIpc) is 3.07. The molecular weight excluding hydrogens is 610 g/mol. The second-order valence-corrected chi connectivity index (χ2v) is 11.4. The molecule has 1 aromatic rings. The van der Waals surface area contributed by atoms with Gasteiger partial charge in [0.05, 0.1) is 25.6 Å². The minimum atomic E-state index is -0.969. The molecule has 2 bridgehead atoms. The number of nitrogens with zero attached hydrogens (tertiary/aromatic N) is 1. The molecule has 2 aliphatic heterocycles. The molecule has 6 amide bonds. The Balaban J connectivity index is 1.82. The third kappa shape index (κ3) is 12.8. The van der Waals surface area contributed by atoms with E-state index in [1.807, 2.05) is 0 Å². The predicted octanol–water partition coefficient (Wildman–Crippen LogP) is -1.74. The molecule has 15 nitrogen and oxygen atoms in total. The molecule has 7 N–H and O–H groups in total. The highest BCUT2D eigenvalue weighted by Crippen LogP contribution is 2.18. The molecule has 0 aliphatic carbocycles. The molecule has 2 aliphatic rings. The summed E-state index contributed by atoms with van der Waals surface area (Å²) in [6.07, 6.45) is 3.61. The van der Waals surface area contributed by atoms with Crippen LogP contribution in [-0.2, 0) is 51.2 Å². The zero-order valence-electron chi connectivity index (χ0n) is 26.9. The first kappa shape index (κ1) is 37.1. The quantitative estimate of drug-likeness (QED) is 0.166. The Morgan fingerprint density at radius 3 is 2.53 bits per heavy atom. The number of piperidine rings is 1. The van der Waals surface area contributed by atoms with Crippen molar-refractivity contribution in [2.24, 2.45) is 11.7 Å². The van der Waals surface area contributed by atoms with Crippen molar-refractivity contribution in [2.45, 2.75) is 50.7 Å². The van der Waals surface area contributed by atoms with Gasteiger partial charge < -0.3 is 46.7 Å². The van der Waals surface area contributed by atoms with E-state index in [2.05, 4.69) is 26.6 Å². The van der Waals surface area contributed by atoms with Gasteiger partial charge in [0.1, 0.15) is 12.1 Å². The van der Waals surface area contributed by atoms with E-state index in [1.165, 1.54) is 12.0 Å². The highest BCUT2D eigenvalue weighted by Gasteiger charge is 2.31. The number of methoxy groups -OCH3 is 1. The Morgan fingerprint density at radius 2 is 1.77 bits per heavy atom. The van der Waals surface area contributed by atoms with Crippen LogP contribution in [0.3, 0.4) is 0 Å². The third-order valence-corrected chi connectivity index (χ3v) is 7.84. The van der Waals surface area contributed by atoms with Gasteiger partial charge in [-0.25, -0.2) is 0 Å². The largest absolute Gasteiger partial charge is 0.385 e. The maximum absolute atomic E-state index is 13.3. The Labute approximate surface area is 274 Å². The fraction of sp³-hybridized carbons (Fsp3) is 0.562. The summed E-state index contributed by atoms with van der Waals surface area (Å²) in [6.45, 7) is 2.08. The van der Waals surface area contributed by atoms with Gasteiger partial charge in [-0.1, -0.05) is 24.3 Å². The standard InChI is InChI=1S/C32H47N7O8/c1-46-16-11-26-32(45)36-20-23-6-3-2-5-22(23)19-28(41)37-25(31(44)35-14-18-47-17-12-33)10-13-34-27(40)8-9-29(42)39-15-4-7-24(21-39)30(43)38-26/h2-3,5-6,8-9,24-26H,4,7,10-21,33H2,1H3,(H,34,40)(H,35,44)(H,36,45)(H,37,41)(H,38,43)/b9-8+/t24-,25+,26+/m1/s1. The van der Waals surface area contributed by atoms with Gasteiger partial charge in [0.2, 0.25) is 35.4 Å². The second-order valence-electron chi connectivity index (χ2n) is 11.4. The molecule has 0 spiro atoms. The first-order valence-corrected chi connectivity index (χ1v) is 15.9. The van der Waals surface area contributed by atoms with Crippen molar-refractivity contribution < 1.29 is 38.2 Å². The van der Waals surface area contributed by atoms with Gasteiger partial charge in [-0.05, 0) is 36.8 Å². The summed E-state index contributed by atoms with van der Waals surface area (Å²) in [6, 6.07) is 5.25. The number of ether oxygens (including phenoxy) is 2. The van der Waals surface area contributed by atoms with Crippen LogP contribution in [0.5, 0.6) is 0 Å². The summed E-state index contributed by atoms with van der Waals surface area (Å²) in [7, 11) is 1.50. The molecule has 0 aromatic heterocycles. The fourth-order valence-electron chi connectivity index (χ4n) is 5.29. The van der Waals surface area contributed by atoms with Gasteiger partial charge in [0.25, 0.3) is 0 Å². The van der Waals surface area contributed by atoms with Crippen LogP contribution in [0.1, 0.15) is 36.8 Å². The van der Waals surface area contributed by atoms with Gasteiger partial charge in [-0.15, -0.1) is 0 Å². The molecule has 2 heterocycles. The summed E-state index contributed by atoms with van der Waals surface area (Å²) >= 11 is 0. The summed E-state index contributed by atoms with van der Waals surface area (Å²) in [5, 5.41) is 13.8. The topological polar surface area (TPSA) is 210 Å². The Morgan fingerprint density at radius 1 is 0.979 bits per heavy atom. The fourth-order valence-corrected chi connectivity index (χ4v) is 5.29. The van der Waals surface area contributed by atoms with Crippen molar-refractivity contribution in [3.8, 4) is 0 Å². The Bertz CT molecular complexity index is 1270. The molecule has 258 valence electrons. The summed E-state index contributed by atoms with van der Waals surface area (Å²) in [5.41, 5.74) is 6.75. The van der Waals surface area contributed by atoms with Crippen molar-refractivity contribution in [2.75, 3.05) is 59.7 Å². The summed E-state index contributed by atoms with van der Waals surface area (Å²) in [4.78, 5) is 79.5. The van der Waals surface area contributed by atoms with Crippen molar-refractivity contribution in [1.82, 2.24) is 31.5 Å². The van der Waals surface area contributed by atoms with E-state index in [0.29, 0.717) is 43.7 Å². The lowest BCUT2D eigenvalue weighted by molar-refractivity contribution is -0.135. The molecule has 15 heteroatoms. The van der Waals surface area contributed by atoms with Crippen LogP contribution in [-0.4, -0.2) is 112 Å². The van der Waals surface area contributed by atoms with E-state index in [4.69, 9.17) is 15.2 Å². The van der Waals surface area contributed by atoms with Crippen LogP contribution in [0.25, 0.3) is 0 Å². The average molecular weight is 658 g/mol. The predicted molar refractivity (Wildman–Crippen MR) is 171 cm³/mol. The molecule has 0 unspecified atom stereocenters. The second kappa shape index (κ2) is 20.0. The van der Waals surface area contributed by atoms with Gasteiger partial charge in [0.15, 0.2) is 0 Å². The number of fused-ring (bicyclic) bond motifs is 3. The number of hydrogen-bond acceptors (Lipinski definition) is 9. The van der Waals surface area contributed by atoms with Gasteiger partial charge in [-0.3, -0.25) is 28.8 Å². The van der Waals surface area contributed by atoms with Gasteiger partial charge in [-0.2, -0.15) is 0 Å². The SMILES string of the molecule is COCC[C@@H]1NC(=O)[C@@H]2CCCN(C2)C(=O)/C=C/C(=O)NCC[C@@H](C(=O)NCCOCCN)NC(=O)Cc2ccccc2CNC1=O. The number of nitrogens with one attached hydrogen (secondary N) is 5. The normalized spacial score (nSPS) is 22.7. The van der Waals surface area contributed by atoms with Gasteiger partial charge >= 0.3 is 0 Å². The van der Waals surface area contributed by atoms with Gasteiger partial charge in [0, 0.05) is 65.1 Å². The molecule has 0 radical (unpaired) electrons. The van der Waals surface area contributed by atoms with Crippen LogP contribution in [0.15, 0.2) is 36.4 Å². The minimum Gasteiger partial charge on any atom is -0.385 e. The molecular formula is C32H47N7O8. The first-order valence-electron chi connectivity index (χ1n) is 15.9. The number of nitrogens with two attached hydrogens (primary N) is 1. The van der Waals surface area contributed by atoms with Crippen LogP contribution >= 0.6 is 0 Å². The highest BCUT2D eigenvalue weighted by molar-refractivity contribution is 5.97. The van der Waals surface area contributed by atoms with E-state index < -0.39 is 47.5 Å². The van der Waals surface area contributed by atoms with Crippen LogP contribution in [0.4, 0.5) is 0 Å². The number of benzene rings is 1. The molecule has 0 saturated carbocycles. The van der Waals surface area contributed by atoms with Crippen molar-refractivity contribution in [3.63, 3.8) is 0 Å². The molecule has 3 atom stereocenters. The summed E-state index contributed by atoms with van der Waals surface area (Å²) < 4.78 is 10.5. The zero-order valence-corrected chi connectivity index (χ0v) is 26.9. The van der Waals surface area contributed by atoms with Crippen LogP contribution < -0.4 is 32.3 Å². The molecule has 1 saturated heterocycles. The van der Waals surface area contributed by atoms with Crippen LogP contribution in [0.2, 0.25) is 0 Å². The third-order valence-electron chi connectivity index (χ3n) is 7.84. The molecule has 1 aromatic carbocycles. The number of carbonyl (C=O) groups excluding carboxylic acids is 6. The maximum Gasteiger partial charge on any atom is 0.246 e. The number of hydrogen-bond donors (Lipinski definition) is 6. The number of amides is 6. The van der Waals surface area contributed by atoms with E-state index >= 15 is 0 Å². The molecule has 3 rings (SSSR count). The van der Waals surface area contributed by atoms with Crippen molar-refractivity contribution >= 4 is 35.4 Å². The lowest BCUT2D eigenvalue weighted by Crippen LogP contribution is -2.52. The molecule has 1 fully saturated rings. The Hall–Kier alpha value is -4.34. The summed E-state index contributed by atoms with van der Waals surface area (Å²) in [5.74, 6) is -3.15.